The zero-order chi connectivity index (χ0) is 8.27. The molecule has 0 aliphatic rings. The molecule has 58 valence electrons. The van der Waals surface area contributed by atoms with Crippen LogP contribution in [-0.2, 0) is 4.74 Å². The fraction of sp³-hybridized carbons (Fsp3) is 0.167. The predicted molar refractivity (Wildman–Crippen MR) is 38.4 cm³/mol. The van der Waals surface area contributed by atoms with E-state index in [1.165, 1.54) is 19.4 Å². The fourth-order valence-corrected chi connectivity index (χ4v) is 0.663. The molecular formula is C6H5ClN2O2. The molecule has 0 N–H and O–H groups in total. The molecule has 0 radical (unpaired) electrons. The molecule has 0 spiro atoms. The number of carbonyl (C=O) groups is 1. The van der Waals surface area contributed by atoms with E-state index < -0.39 is 5.97 Å². The second kappa shape index (κ2) is 3.30. The Bertz CT molecular complexity index is 277. The molecule has 11 heavy (non-hydrogen) atoms. The van der Waals surface area contributed by atoms with Crippen molar-refractivity contribution in [3.05, 3.63) is 23.2 Å². The minimum Gasteiger partial charge on any atom is -0.463 e. The van der Waals surface area contributed by atoms with E-state index in [0.717, 1.165) is 0 Å². The lowest BCUT2D eigenvalue weighted by molar-refractivity contribution is 0.0586. The number of rotatable bonds is 1. The second-order valence-electron chi connectivity index (χ2n) is 1.69. The smallest absolute Gasteiger partial charge is 0.376 e. The Morgan fingerprint density at radius 2 is 2.45 bits per heavy atom. The minimum absolute atomic E-state index is 0.0278. The third kappa shape index (κ3) is 1.88. The van der Waals surface area contributed by atoms with Gasteiger partial charge in [0.25, 0.3) is 0 Å². The summed E-state index contributed by atoms with van der Waals surface area (Å²) < 4.78 is 4.37. The van der Waals surface area contributed by atoms with Crippen LogP contribution in [0.1, 0.15) is 10.6 Å². The van der Waals surface area contributed by atoms with E-state index in [0.29, 0.717) is 0 Å². The Hall–Kier alpha value is -1.16. The van der Waals surface area contributed by atoms with Gasteiger partial charge < -0.3 is 4.74 Å². The Morgan fingerprint density at radius 1 is 1.73 bits per heavy atom. The summed E-state index contributed by atoms with van der Waals surface area (Å²) in [4.78, 5) is 18.0. The number of hydrogen-bond donors (Lipinski definition) is 0. The number of esters is 1. The number of methoxy groups -OCH3 is 1. The maximum absolute atomic E-state index is 10.8. The second-order valence-corrected chi connectivity index (χ2v) is 2.08. The normalized spacial score (nSPS) is 9.27. The van der Waals surface area contributed by atoms with Crippen LogP contribution in [-0.4, -0.2) is 23.0 Å². The first-order valence-corrected chi connectivity index (χ1v) is 3.18. The van der Waals surface area contributed by atoms with E-state index >= 15 is 0 Å². The number of aromatic nitrogens is 2. The standard InChI is InChI=1S/C6H5ClN2O2/c1-11-6(10)5-8-3-2-4(7)9-5/h2-3H,1H3. The van der Waals surface area contributed by atoms with E-state index in [1.807, 2.05) is 0 Å². The van der Waals surface area contributed by atoms with Crippen molar-refractivity contribution in [3.8, 4) is 0 Å². The molecule has 1 rings (SSSR count). The van der Waals surface area contributed by atoms with Crippen molar-refractivity contribution in [2.24, 2.45) is 0 Å². The van der Waals surface area contributed by atoms with Crippen LogP contribution in [0.3, 0.4) is 0 Å². The molecule has 1 aromatic rings. The first kappa shape index (κ1) is 7.94. The minimum atomic E-state index is -0.590. The van der Waals surface area contributed by atoms with Crippen LogP contribution in [0.25, 0.3) is 0 Å². The molecule has 0 amide bonds. The van der Waals surface area contributed by atoms with Gasteiger partial charge in [0.05, 0.1) is 7.11 Å². The summed E-state index contributed by atoms with van der Waals surface area (Å²) in [5.74, 6) is -0.618. The third-order valence-electron chi connectivity index (χ3n) is 0.990. The van der Waals surface area contributed by atoms with Gasteiger partial charge in [0.1, 0.15) is 5.15 Å². The summed E-state index contributed by atoms with van der Waals surface area (Å²) in [5, 5.41) is 0.223. The lowest BCUT2D eigenvalue weighted by atomic mass is 10.5. The average molecular weight is 173 g/mol. The summed E-state index contributed by atoms with van der Waals surface area (Å²) in [6.45, 7) is 0. The van der Waals surface area contributed by atoms with Gasteiger partial charge in [-0.1, -0.05) is 11.6 Å². The summed E-state index contributed by atoms with van der Waals surface area (Å²) >= 11 is 5.49. The summed E-state index contributed by atoms with van der Waals surface area (Å²) in [6.07, 6.45) is 1.39. The van der Waals surface area contributed by atoms with Gasteiger partial charge >= 0.3 is 5.97 Å². The van der Waals surface area contributed by atoms with Gasteiger partial charge in [0.15, 0.2) is 0 Å². The Labute approximate surface area is 68.2 Å². The van der Waals surface area contributed by atoms with Crippen LogP contribution in [0.4, 0.5) is 0 Å². The summed E-state index contributed by atoms with van der Waals surface area (Å²) in [7, 11) is 1.26. The molecule has 1 heterocycles. The number of nitrogens with zero attached hydrogens (tertiary/aromatic N) is 2. The van der Waals surface area contributed by atoms with E-state index in [2.05, 4.69) is 14.7 Å². The van der Waals surface area contributed by atoms with Gasteiger partial charge in [-0.15, -0.1) is 0 Å². The average Bonchev–Trinajstić information content (AvgIpc) is 2.03. The summed E-state index contributed by atoms with van der Waals surface area (Å²) in [6, 6.07) is 1.48. The monoisotopic (exact) mass is 172 g/mol. The van der Waals surface area contributed by atoms with E-state index in [9.17, 15) is 4.79 Å². The molecule has 0 saturated carbocycles. The molecule has 0 aliphatic carbocycles. The molecule has 1 aromatic heterocycles. The molecule has 0 aliphatic heterocycles. The molecule has 5 heteroatoms. The van der Waals surface area contributed by atoms with Crippen LogP contribution in [0.2, 0.25) is 5.15 Å². The van der Waals surface area contributed by atoms with Gasteiger partial charge in [-0.2, -0.15) is 0 Å². The van der Waals surface area contributed by atoms with Crippen LogP contribution >= 0.6 is 11.6 Å². The third-order valence-corrected chi connectivity index (χ3v) is 1.20. The molecule has 0 bridgehead atoms. The highest BCUT2D eigenvalue weighted by molar-refractivity contribution is 6.29. The quantitative estimate of drug-likeness (QED) is 0.467. The highest BCUT2D eigenvalue weighted by Crippen LogP contribution is 2.02. The van der Waals surface area contributed by atoms with Crippen molar-refractivity contribution in [1.82, 2.24) is 9.97 Å². The fourth-order valence-electron chi connectivity index (χ4n) is 0.526. The number of ether oxygens (including phenoxy) is 1. The van der Waals surface area contributed by atoms with Crippen molar-refractivity contribution < 1.29 is 9.53 Å². The maximum Gasteiger partial charge on any atom is 0.376 e. The van der Waals surface area contributed by atoms with Gasteiger partial charge in [-0.25, -0.2) is 14.8 Å². The highest BCUT2D eigenvalue weighted by atomic mass is 35.5. The molecule has 0 saturated heterocycles. The first-order chi connectivity index (χ1) is 5.24. The van der Waals surface area contributed by atoms with E-state index in [1.54, 1.807) is 0 Å². The molecule has 0 atom stereocenters. The number of carbonyl (C=O) groups excluding carboxylic acids is 1. The summed E-state index contributed by atoms with van der Waals surface area (Å²) in [5.41, 5.74) is 0. The van der Waals surface area contributed by atoms with Crippen molar-refractivity contribution in [3.63, 3.8) is 0 Å². The van der Waals surface area contributed by atoms with Crippen LogP contribution in [0.15, 0.2) is 12.3 Å². The number of hydrogen-bond acceptors (Lipinski definition) is 4. The Balaban J connectivity index is 2.96. The maximum atomic E-state index is 10.8. The lowest BCUT2D eigenvalue weighted by Gasteiger charge is -1.95. The van der Waals surface area contributed by atoms with Crippen molar-refractivity contribution >= 4 is 17.6 Å². The SMILES string of the molecule is COC(=O)c1nccc(Cl)n1. The largest absolute Gasteiger partial charge is 0.463 e. The predicted octanol–water partition coefficient (Wildman–Crippen LogP) is 0.917. The van der Waals surface area contributed by atoms with Gasteiger partial charge in [0, 0.05) is 6.20 Å². The molecule has 4 nitrogen and oxygen atoms in total. The molecular weight excluding hydrogens is 168 g/mol. The van der Waals surface area contributed by atoms with Gasteiger partial charge in [0.2, 0.25) is 5.82 Å². The van der Waals surface area contributed by atoms with Crippen LogP contribution in [0, 0.1) is 0 Å². The van der Waals surface area contributed by atoms with Crippen LogP contribution in [0.5, 0.6) is 0 Å². The van der Waals surface area contributed by atoms with Crippen molar-refractivity contribution in [2.75, 3.05) is 7.11 Å². The Morgan fingerprint density at radius 3 is 3.00 bits per heavy atom. The van der Waals surface area contributed by atoms with Crippen molar-refractivity contribution in [1.29, 1.82) is 0 Å². The lowest BCUT2D eigenvalue weighted by Crippen LogP contribution is -2.06. The molecule has 0 unspecified atom stereocenters. The Kier molecular flexibility index (Phi) is 2.38. The van der Waals surface area contributed by atoms with Crippen molar-refractivity contribution in [2.45, 2.75) is 0 Å². The van der Waals surface area contributed by atoms with E-state index in [4.69, 9.17) is 11.6 Å². The van der Waals surface area contributed by atoms with Crippen LogP contribution < -0.4 is 0 Å². The molecule has 0 aromatic carbocycles. The molecule has 0 fully saturated rings. The van der Waals surface area contributed by atoms with E-state index in [-0.39, 0.29) is 11.0 Å². The highest BCUT2D eigenvalue weighted by Gasteiger charge is 2.07. The van der Waals surface area contributed by atoms with Gasteiger partial charge in [-0.3, -0.25) is 0 Å². The number of halogens is 1. The first-order valence-electron chi connectivity index (χ1n) is 2.81. The zero-order valence-electron chi connectivity index (χ0n) is 5.74. The zero-order valence-corrected chi connectivity index (χ0v) is 6.50. The topological polar surface area (TPSA) is 52.1 Å². The van der Waals surface area contributed by atoms with Gasteiger partial charge in [-0.05, 0) is 6.07 Å².